The number of rotatable bonds is 6. The smallest absolute Gasteiger partial charge is 0.221 e. The van der Waals surface area contributed by atoms with Gasteiger partial charge in [-0.25, -0.2) is 0 Å². The van der Waals surface area contributed by atoms with Crippen LogP contribution in [0.25, 0.3) is 0 Å². The molecule has 1 aromatic carbocycles. The van der Waals surface area contributed by atoms with Gasteiger partial charge in [-0.1, -0.05) is 26.0 Å². The molecule has 0 spiro atoms. The maximum atomic E-state index is 10.8. The summed E-state index contributed by atoms with van der Waals surface area (Å²) in [6.07, 6.45) is 1.45. The second-order valence-electron chi connectivity index (χ2n) is 5.01. The predicted molar refractivity (Wildman–Crippen MR) is 71.9 cm³/mol. The number of primary amides is 1. The molecule has 1 rings (SSSR count). The Morgan fingerprint density at radius 1 is 1.24 bits per heavy atom. The van der Waals surface area contributed by atoms with Crippen molar-refractivity contribution in [3.8, 4) is 0 Å². The van der Waals surface area contributed by atoms with Gasteiger partial charge in [0.05, 0.1) is 6.42 Å². The fraction of sp³-hybridized carbons (Fsp3) is 0.500. The van der Waals surface area contributed by atoms with Gasteiger partial charge >= 0.3 is 0 Å². The fourth-order valence-electron chi connectivity index (χ4n) is 1.97. The van der Waals surface area contributed by atoms with Crippen LogP contribution in [-0.2, 0) is 11.2 Å². The van der Waals surface area contributed by atoms with Crippen molar-refractivity contribution in [1.29, 1.82) is 0 Å². The van der Waals surface area contributed by atoms with E-state index in [0.29, 0.717) is 18.4 Å². The van der Waals surface area contributed by atoms with Crippen LogP contribution in [0.3, 0.4) is 0 Å². The minimum Gasteiger partial charge on any atom is -0.383 e. The Labute approximate surface area is 103 Å². The summed E-state index contributed by atoms with van der Waals surface area (Å²) < 4.78 is 0. The van der Waals surface area contributed by atoms with Crippen LogP contribution >= 0.6 is 0 Å². The monoisotopic (exact) mass is 234 g/mol. The first kappa shape index (κ1) is 13.6. The zero-order valence-electron chi connectivity index (χ0n) is 10.9. The van der Waals surface area contributed by atoms with Crippen molar-refractivity contribution >= 4 is 11.6 Å². The third kappa shape index (κ3) is 5.38. The van der Waals surface area contributed by atoms with Crippen LogP contribution < -0.4 is 11.1 Å². The van der Waals surface area contributed by atoms with Gasteiger partial charge in [0.25, 0.3) is 0 Å². The van der Waals surface area contributed by atoms with Gasteiger partial charge in [0.1, 0.15) is 0 Å². The number of benzene rings is 1. The van der Waals surface area contributed by atoms with Crippen LogP contribution in [0.5, 0.6) is 0 Å². The molecule has 0 bridgehead atoms. The van der Waals surface area contributed by atoms with E-state index in [0.717, 1.165) is 17.7 Å². The molecule has 17 heavy (non-hydrogen) atoms. The van der Waals surface area contributed by atoms with Crippen molar-refractivity contribution in [2.75, 3.05) is 5.32 Å². The van der Waals surface area contributed by atoms with E-state index in [4.69, 9.17) is 5.73 Å². The van der Waals surface area contributed by atoms with Gasteiger partial charge in [-0.05, 0) is 37.0 Å². The lowest BCUT2D eigenvalue weighted by atomic mass is 10.0. The van der Waals surface area contributed by atoms with E-state index in [1.807, 2.05) is 24.3 Å². The molecule has 3 N–H and O–H groups in total. The topological polar surface area (TPSA) is 55.1 Å². The van der Waals surface area contributed by atoms with E-state index >= 15 is 0 Å². The van der Waals surface area contributed by atoms with Crippen molar-refractivity contribution in [2.24, 2.45) is 11.7 Å². The molecule has 0 aliphatic heterocycles. The summed E-state index contributed by atoms with van der Waals surface area (Å²) in [6.45, 7) is 6.61. The lowest BCUT2D eigenvalue weighted by Gasteiger charge is -2.17. The number of carbonyl (C=O) groups excluding carboxylic acids is 1. The number of anilines is 1. The highest BCUT2D eigenvalue weighted by atomic mass is 16.1. The van der Waals surface area contributed by atoms with Crippen LogP contribution in [0.1, 0.15) is 32.8 Å². The van der Waals surface area contributed by atoms with Crippen molar-refractivity contribution in [2.45, 2.75) is 39.7 Å². The first-order valence-corrected chi connectivity index (χ1v) is 6.11. The lowest BCUT2D eigenvalue weighted by Crippen LogP contribution is -2.17. The average molecular weight is 234 g/mol. The van der Waals surface area contributed by atoms with Gasteiger partial charge in [-0.3, -0.25) is 4.79 Å². The molecule has 0 radical (unpaired) electrons. The molecule has 0 fully saturated rings. The second kappa shape index (κ2) is 6.28. The molecule has 1 atom stereocenters. The largest absolute Gasteiger partial charge is 0.383 e. The Morgan fingerprint density at radius 2 is 1.82 bits per heavy atom. The molecular formula is C14H22N2O. The third-order valence-corrected chi connectivity index (χ3v) is 2.57. The average Bonchev–Trinajstić information content (AvgIpc) is 2.18. The molecule has 0 aliphatic rings. The van der Waals surface area contributed by atoms with Crippen LogP contribution in [0.15, 0.2) is 24.3 Å². The number of carbonyl (C=O) groups is 1. The molecule has 3 nitrogen and oxygen atoms in total. The normalized spacial score (nSPS) is 12.5. The number of amides is 1. The van der Waals surface area contributed by atoms with E-state index < -0.39 is 0 Å². The van der Waals surface area contributed by atoms with Gasteiger partial charge in [-0.2, -0.15) is 0 Å². The van der Waals surface area contributed by atoms with E-state index in [-0.39, 0.29) is 5.91 Å². The van der Waals surface area contributed by atoms with Gasteiger partial charge in [0.15, 0.2) is 0 Å². The Bertz CT molecular complexity index is 357. The summed E-state index contributed by atoms with van der Waals surface area (Å²) in [6, 6.07) is 8.33. The van der Waals surface area contributed by atoms with E-state index in [1.165, 1.54) is 0 Å². The number of nitrogens with one attached hydrogen (secondary N) is 1. The quantitative estimate of drug-likeness (QED) is 0.794. The maximum Gasteiger partial charge on any atom is 0.221 e. The summed E-state index contributed by atoms with van der Waals surface area (Å²) in [5, 5.41) is 3.44. The Morgan fingerprint density at radius 3 is 2.29 bits per heavy atom. The predicted octanol–water partition coefficient (Wildman–Crippen LogP) is 2.56. The summed E-state index contributed by atoms with van der Waals surface area (Å²) in [5.41, 5.74) is 7.19. The van der Waals surface area contributed by atoms with E-state index in [9.17, 15) is 4.79 Å². The minimum absolute atomic E-state index is 0.293. The molecule has 0 saturated heterocycles. The first-order chi connectivity index (χ1) is 7.97. The zero-order chi connectivity index (χ0) is 12.8. The van der Waals surface area contributed by atoms with Crippen LogP contribution in [0, 0.1) is 5.92 Å². The Balaban J connectivity index is 2.53. The molecule has 1 aromatic rings. The standard InChI is InChI=1S/C14H22N2O/c1-10(2)8-11(3)16-13-6-4-12(5-7-13)9-14(15)17/h4-7,10-11,16H,8-9H2,1-3H3,(H2,15,17). The maximum absolute atomic E-state index is 10.8. The van der Waals surface area contributed by atoms with E-state index in [1.54, 1.807) is 0 Å². The van der Waals surface area contributed by atoms with E-state index in [2.05, 4.69) is 26.1 Å². The highest BCUT2D eigenvalue weighted by Crippen LogP contribution is 2.14. The van der Waals surface area contributed by atoms with Gasteiger partial charge < -0.3 is 11.1 Å². The number of nitrogens with two attached hydrogens (primary N) is 1. The Kier molecular flexibility index (Phi) is 5.01. The summed E-state index contributed by atoms with van der Waals surface area (Å²) in [4.78, 5) is 10.8. The molecule has 0 aliphatic carbocycles. The van der Waals surface area contributed by atoms with Gasteiger partial charge in [0, 0.05) is 11.7 Å². The molecule has 3 heteroatoms. The van der Waals surface area contributed by atoms with Gasteiger partial charge in [0.2, 0.25) is 5.91 Å². The van der Waals surface area contributed by atoms with Crippen molar-refractivity contribution in [3.05, 3.63) is 29.8 Å². The van der Waals surface area contributed by atoms with Crippen LogP contribution in [-0.4, -0.2) is 11.9 Å². The second-order valence-corrected chi connectivity index (χ2v) is 5.01. The minimum atomic E-state index is -0.293. The Hall–Kier alpha value is -1.51. The highest BCUT2D eigenvalue weighted by molar-refractivity contribution is 5.76. The van der Waals surface area contributed by atoms with Crippen molar-refractivity contribution in [3.63, 3.8) is 0 Å². The molecule has 0 heterocycles. The van der Waals surface area contributed by atoms with Crippen LogP contribution in [0.2, 0.25) is 0 Å². The summed E-state index contributed by atoms with van der Waals surface area (Å²) >= 11 is 0. The van der Waals surface area contributed by atoms with Crippen LogP contribution in [0.4, 0.5) is 5.69 Å². The molecule has 94 valence electrons. The van der Waals surface area contributed by atoms with Gasteiger partial charge in [-0.15, -0.1) is 0 Å². The molecule has 1 unspecified atom stereocenters. The summed E-state index contributed by atoms with van der Waals surface area (Å²) in [7, 11) is 0. The molecule has 0 saturated carbocycles. The zero-order valence-corrected chi connectivity index (χ0v) is 10.9. The third-order valence-electron chi connectivity index (χ3n) is 2.57. The molecular weight excluding hydrogens is 212 g/mol. The number of hydrogen-bond acceptors (Lipinski definition) is 2. The highest BCUT2D eigenvalue weighted by Gasteiger charge is 2.05. The molecule has 0 aromatic heterocycles. The lowest BCUT2D eigenvalue weighted by molar-refractivity contribution is -0.117. The van der Waals surface area contributed by atoms with Crippen molar-refractivity contribution < 1.29 is 4.79 Å². The fourth-order valence-corrected chi connectivity index (χ4v) is 1.97. The SMILES string of the molecule is CC(C)CC(C)Nc1ccc(CC(N)=O)cc1. The number of hydrogen-bond donors (Lipinski definition) is 2. The molecule has 1 amide bonds. The van der Waals surface area contributed by atoms with Crippen molar-refractivity contribution in [1.82, 2.24) is 0 Å². The first-order valence-electron chi connectivity index (χ1n) is 6.11. The summed E-state index contributed by atoms with van der Waals surface area (Å²) in [5.74, 6) is 0.394.